The van der Waals surface area contributed by atoms with Crippen molar-refractivity contribution in [1.82, 2.24) is 14.5 Å². The van der Waals surface area contributed by atoms with E-state index in [0.29, 0.717) is 39.0 Å². The Morgan fingerprint density at radius 1 is 1.06 bits per heavy atom. The molecule has 3 aromatic carbocycles. The summed E-state index contributed by atoms with van der Waals surface area (Å²) in [5, 5.41) is 4.15. The lowest BCUT2D eigenvalue weighted by atomic mass is 10.1. The van der Waals surface area contributed by atoms with Crippen molar-refractivity contribution in [2.45, 2.75) is 33.7 Å². The number of aryl methyl sites for hydroxylation is 2. The van der Waals surface area contributed by atoms with Crippen molar-refractivity contribution < 1.29 is 4.79 Å². The molecule has 35 heavy (non-hydrogen) atoms. The molecule has 0 radical (unpaired) electrons. The van der Waals surface area contributed by atoms with Gasteiger partial charge in [0.15, 0.2) is 0 Å². The third kappa shape index (κ3) is 4.90. The summed E-state index contributed by atoms with van der Waals surface area (Å²) in [6.07, 6.45) is 0. The first-order chi connectivity index (χ1) is 16.7. The number of halogens is 2. The number of carbonyl (C=O) groups excluding carboxylic acids is 1. The number of fused-ring (bicyclic) bond motifs is 1. The molecule has 1 heterocycles. The summed E-state index contributed by atoms with van der Waals surface area (Å²) in [4.78, 5) is 33.5. The Kier molecular flexibility index (Phi) is 7.15. The largest absolute Gasteiger partial charge is 0.322 e. The third-order valence-corrected chi connectivity index (χ3v) is 6.76. The Morgan fingerprint density at radius 3 is 2.51 bits per heavy atom. The van der Waals surface area contributed by atoms with E-state index in [4.69, 9.17) is 28.2 Å². The highest BCUT2D eigenvalue weighted by Gasteiger charge is 2.26. The Bertz CT molecular complexity index is 1480. The number of amides is 2. The second-order valence-electron chi connectivity index (χ2n) is 8.44. The minimum Gasteiger partial charge on any atom is -0.315 e. The molecule has 0 aliphatic heterocycles. The lowest BCUT2D eigenvalue weighted by molar-refractivity contribution is 0.193. The molecule has 0 saturated heterocycles. The van der Waals surface area contributed by atoms with Gasteiger partial charge < -0.3 is 10.2 Å². The normalized spacial score (nSPS) is 11.9. The highest BCUT2D eigenvalue weighted by Crippen LogP contribution is 2.27. The number of urea groups is 1. The third-order valence-electron chi connectivity index (χ3n) is 6.02. The molecule has 0 aliphatic carbocycles. The highest BCUT2D eigenvalue weighted by atomic mass is 35.5. The molecule has 1 N–H and O–H groups in total. The molecule has 8 heteroatoms. The van der Waals surface area contributed by atoms with E-state index >= 15 is 0 Å². The second-order valence-corrected chi connectivity index (χ2v) is 9.25. The van der Waals surface area contributed by atoms with Crippen LogP contribution >= 0.6 is 23.2 Å². The molecule has 4 aromatic rings. The van der Waals surface area contributed by atoms with Crippen molar-refractivity contribution in [2.24, 2.45) is 0 Å². The first-order valence-corrected chi connectivity index (χ1v) is 12.1. The SMILES string of the molecule is CCN(C(=O)Nc1ccc(Cl)c(Cl)c1)C(C)c1nc2ccccc2c(=O)n1-c1cc(C)ccc1C. The fourth-order valence-electron chi connectivity index (χ4n) is 4.13. The zero-order chi connectivity index (χ0) is 25.3. The van der Waals surface area contributed by atoms with Gasteiger partial charge in [-0.15, -0.1) is 0 Å². The van der Waals surface area contributed by atoms with Gasteiger partial charge in [-0.2, -0.15) is 0 Å². The monoisotopic (exact) mass is 508 g/mol. The van der Waals surface area contributed by atoms with Gasteiger partial charge in [0.1, 0.15) is 5.82 Å². The fraction of sp³-hybridized carbons (Fsp3) is 0.222. The molecule has 0 fully saturated rings. The van der Waals surface area contributed by atoms with Crippen LogP contribution in [0.2, 0.25) is 10.0 Å². The fourth-order valence-corrected chi connectivity index (χ4v) is 4.42. The standard InChI is InChI=1S/C27H26Cl2N4O2/c1-5-32(27(35)30-19-12-13-21(28)22(29)15-19)18(4)25-31-23-9-7-6-8-20(23)26(34)33(25)24-14-16(2)10-11-17(24)3/h6-15,18H,5H2,1-4H3,(H,30,35). The van der Waals surface area contributed by atoms with E-state index in [1.54, 1.807) is 33.7 Å². The lowest BCUT2D eigenvalue weighted by Crippen LogP contribution is -2.39. The van der Waals surface area contributed by atoms with E-state index in [0.717, 1.165) is 16.8 Å². The van der Waals surface area contributed by atoms with Crippen LogP contribution in [0.25, 0.3) is 16.6 Å². The van der Waals surface area contributed by atoms with Crippen LogP contribution in [0.3, 0.4) is 0 Å². The average molecular weight is 509 g/mol. The summed E-state index contributed by atoms with van der Waals surface area (Å²) < 4.78 is 1.63. The molecule has 0 spiro atoms. The number of benzene rings is 3. The molecule has 6 nitrogen and oxygen atoms in total. The first kappa shape index (κ1) is 24.8. The van der Waals surface area contributed by atoms with Crippen LogP contribution < -0.4 is 10.9 Å². The van der Waals surface area contributed by atoms with Crippen LogP contribution in [-0.4, -0.2) is 27.0 Å². The Labute approximate surface area is 214 Å². The van der Waals surface area contributed by atoms with Crippen LogP contribution in [0, 0.1) is 13.8 Å². The summed E-state index contributed by atoms with van der Waals surface area (Å²) >= 11 is 12.1. The molecule has 0 bridgehead atoms. The van der Waals surface area contributed by atoms with Crippen molar-refractivity contribution in [3.8, 4) is 5.69 Å². The number of nitrogens with zero attached hydrogens (tertiary/aromatic N) is 3. The lowest BCUT2D eigenvalue weighted by Gasteiger charge is -2.30. The topological polar surface area (TPSA) is 67.2 Å². The predicted molar refractivity (Wildman–Crippen MR) is 143 cm³/mol. The van der Waals surface area contributed by atoms with Crippen LogP contribution in [-0.2, 0) is 0 Å². The molecule has 1 unspecified atom stereocenters. The van der Waals surface area contributed by atoms with Gasteiger partial charge in [-0.05, 0) is 75.2 Å². The predicted octanol–water partition coefficient (Wildman–Crippen LogP) is 6.92. The van der Waals surface area contributed by atoms with Crippen molar-refractivity contribution >= 4 is 45.8 Å². The van der Waals surface area contributed by atoms with Gasteiger partial charge in [0.05, 0.1) is 32.7 Å². The maximum Gasteiger partial charge on any atom is 0.322 e. The maximum atomic E-state index is 13.7. The second kappa shape index (κ2) is 10.1. The molecule has 0 saturated carbocycles. The summed E-state index contributed by atoms with van der Waals surface area (Å²) in [6.45, 7) is 8.08. The Balaban J connectivity index is 1.83. The molecular weight excluding hydrogens is 483 g/mol. The summed E-state index contributed by atoms with van der Waals surface area (Å²) in [7, 11) is 0. The van der Waals surface area contributed by atoms with Gasteiger partial charge in [0.25, 0.3) is 5.56 Å². The van der Waals surface area contributed by atoms with Gasteiger partial charge in [0, 0.05) is 12.2 Å². The van der Waals surface area contributed by atoms with E-state index in [1.165, 1.54) is 0 Å². The van der Waals surface area contributed by atoms with Crippen LogP contribution in [0.1, 0.15) is 36.8 Å². The smallest absolute Gasteiger partial charge is 0.315 e. The van der Waals surface area contributed by atoms with E-state index < -0.39 is 6.04 Å². The van der Waals surface area contributed by atoms with Crippen molar-refractivity contribution in [3.63, 3.8) is 0 Å². The molecular formula is C27H26Cl2N4O2. The highest BCUT2D eigenvalue weighted by molar-refractivity contribution is 6.42. The zero-order valence-corrected chi connectivity index (χ0v) is 21.5. The van der Waals surface area contributed by atoms with Gasteiger partial charge in [-0.25, -0.2) is 9.78 Å². The minimum absolute atomic E-state index is 0.174. The van der Waals surface area contributed by atoms with Crippen molar-refractivity contribution in [1.29, 1.82) is 0 Å². The maximum absolute atomic E-state index is 13.7. The van der Waals surface area contributed by atoms with Crippen LogP contribution in [0.15, 0.2) is 65.5 Å². The molecule has 2 amide bonds. The zero-order valence-electron chi connectivity index (χ0n) is 20.0. The quantitative estimate of drug-likeness (QED) is 0.318. The molecule has 1 atom stereocenters. The number of anilines is 1. The summed E-state index contributed by atoms with van der Waals surface area (Å²) in [6, 6.07) is 17.3. The van der Waals surface area contributed by atoms with Gasteiger partial charge in [-0.3, -0.25) is 9.36 Å². The van der Waals surface area contributed by atoms with Crippen molar-refractivity contribution in [3.05, 3.63) is 98.0 Å². The number of carbonyl (C=O) groups is 1. The van der Waals surface area contributed by atoms with E-state index in [1.807, 2.05) is 64.1 Å². The number of rotatable bonds is 5. The molecule has 1 aromatic heterocycles. The molecule has 180 valence electrons. The van der Waals surface area contributed by atoms with E-state index in [-0.39, 0.29) is 11.6 Å². The number of para-hydroxylation sites is 1. The Hall–Kier alpha value is -3.35. The van der Waals surface area contributed by atoms with Gasteiger partial charge in [0.2, 0.25) is 0 Å². The summed E-state index contributed by atoms with van der Waals surface area (Å²) in [5.41, 5.74) is 3.64. The van der Waals surface area contributed by atoms with Gasteiger partial charge >= 0.3 is 6.03 Å². The Morgan fingerprint density at radius 2 is 1.80 bits per heavy atom. The van der Waals surface area contributed by atoms with Crippen molar-refractivity contribution in [2.75, 3.05) is 11.9 Å². The number of hydrogen-bond donors (Lipinski definition) is 1. The number of hydrogen-bond acceptors (Lipinski definition) is 3. The number of nitrogens with one attached hydrogen (secondary N) is 1. The molecule has 0 aliphatic rings. The first-order valence-electron chi connectivity index (χ1n) is 11.3. The van der Waals surface area contributed by atoms with Crippen LogP contribution in [0.4, 0.5) is 10.5 Å². The minimum atomic E-state index is -0.514. The van der Waals surface area contributed by atoms with E-state index in [9.17, 15) is 9.59 Å². The average Bonchev–Trinajstić information content (AvgIpc) is 2.83. The van der Waals surface area contributed by atoms with E-state index in [2.05, 4.69) is 5.32 Å². The van der Waals surface area contributed by atoms with Crippen LogP contribution in [0.5, 0.6) is 0 Å². The van der Waals surface area contributed by atoms with Gasteiger partial charge in [-0.1, -0.05) is 47.5 Å². The number of aromatic nitrogens is 2. The molecule has 4 rings (SSSR count). The summed E-state index contributed by atoms with van der Waals surface area (Å²) in [5.74, 6) is 0.480.